The molecule has 0 amide bonds. The highest BCUT2D eigenvalue weighted by Crippen LogP contribution is 2.46. The van der Waals surface area contributed by atoms with Gasteiger partial charge < -0.3 is 5.11 Å². The predicted molar refractivity (Wildman–Crippen MR) is 62.9 cm³/mol. The summed E-state index contributed by atoms with van der Waals surface area (Å²) < 4.78 is 0. The van der Waals surface area contributed by atoms with Crippen LogP contribution in [0.1, 0.15) is 37.8 Å². The summed E-state index contributed by atoms with van der Waals surface area (Å²) >= 11 is 0. The molecular weight excluding hydrogens is 184 g/mol. The number of fused-ring (bicyclic) bond motifs is 1. The van der Waals surface area contributed by atoms with Gasteiger partial charge in [0.25, 0.3) is 0 Å². The average molecular weight is 204 g/mol. The highest BCUT2D eigenvalue weighted by atomic mass is 16.3. The monoisotopic (exact) mass is 204 g/mol. The van der Waals surface area contributed by atoms with E-state index in [1.807, 2.05) is 0 Å². The fraction of sp³-hybridized carbons (Fsp3) is 0.571. The molecule has 1 heteroatoms. The van der Waals surface area contributed by atoms with E-state index in [2.05, 4.69) is 45.0 Å². The molecule has 82 valence electrons. The average Bonchev–Trinajstić information content (AvgIpc) is 2.55. The van der Waals surface area contributed by atoms with Gasteiger partial charge in [0.15, 0.2) is 0 Å². The normalized spacial score (nSPS) is 25.3. The molecule has 0 saturated carbocycles. The van der Waals surface area contributed by atoms with Gasteiger partial charge in [0, 0.05) is 5.92 Å². The van der Waals surface area contributed by atoms with Crippen LogP contribution in [0.3, 0.4) is 0 Å². The zero-order valence-electron chi connectivity index (χ0n) is 9.83. The Morgan fingerprint density at radius 1 is 1.27 bits per heavy atom. The molecule has 0 saturated heterocycles. The molecule has 1 nitrogen and oxygen atoms in total. The van der Waals surface area contributed by atoms with Gasteiger partial charge in [0.05, 0.1) is 6.61 Å². The number of rotatable bonds is 1. The summed E-state index contributed by atoms with van der Waals surface area (Å²) in [6.07, 6.45) is 1.12. The molecule has 2 rings (SSSR count). The first kappa shape index (κ1) is 10.7. The minimum Gasteiger partial charge on any atom is -0.396 e. The van der Waals surface area contributed by atoms with E-state index in [1.54, 1.807) is 0 Å². The summed E-state index contributed by atoms with van der Waals surface area (Å²) in [5.74, 6) is 0.904. The molecule has 1 aromatic carbocycles. The first-order valence-corrected chi connectivity index (χ1v) is 5.72. The van der Waals surface area contributed by atoms with Crippen molar-refractivity contribution in [1.29, 1.82) is 0 Å². The third kappa shape index (κ3) is 1.81. The van der Waals surface area contributed by atoms with Gasteiger partial charge in [0.1, 0.15) is 0 Å². The van der Waals surface area contributed by atoms with E-state index in [0.29, 0.717) is 11.8 Å². The molecule has 0 bridgehead atoms. The molecule has 0 aromatic heterocycles. The van der Waals surface area contributed by atoms with Gasteiger partial charge >= 0.3 is 0 Å². The predicted octanol–water partition coefficient (Wildman–Crippen LogP) is 2.98. The maximum absolute atomic E-state index is 9.55. The molecule has 1 N–H and O–H groups in total. The number of aliphatic hydroxyl groups excluding tert-OH is 1. The van der Waals surface area contributed by atoms with Gasteiger partial charge in [0.2, 0.25) is 0 Å². The lowest BCUT2D eigenvalue weighted by Crippen LogP contribution is -2.26. The van der Waals surface area contributed by atoms with Crippen molar-refractivity contribution in [3.63, 3.8) is 0 Å². The zero-order chi connectivity index (χ0) is 11.1. The Balaban J connectivity index is 2.37. The van der Waals surface area contributed by atoms with Crippen molar-refractivity contribution >= 4 is 0 Å². The second-order valence-electron chi connectivity index (χ2n) is 5.66. The van der Waals surface area contributed by atoms with Crippen LogP contribution in [-0.2, 0) is 6.42 Å². The maximum Gasteiger partial charge on any atom is 0.0502 e. The maximum atomic E-state index is 9.55. The zero-order valence-corrected chi connectivity index (χ0v) is 9.83. The van der Waals surface area contributed by atoms with Crippen molar-refractivity contribution in [2.45, 2.75) is 33.1 Å². The Morgan fingerprint density at radius 3 is 2.53 bits per heavy atom. The fourth-order valence-corrected chi connectivity index (χ4v) is 2.81. The van der Waals surface area contributed by atoms with E-state index in [9.17, 15) is 5.11 Å². The summed E-state index contributed by atoms with van der Waals surface area (Å²) in [5, 5.41) is 9.55. The molecule has 0 radical (unpaired) electrons. The highest BCUT2D eigenvalue weighted by Gasteiger charge is 2.38. The highest BCUT2D eigenvalue weighted by molar-refractivity contribution is 5.36. The van der Waals surface area contributed by atoms with Crippen molar-refractivity contribution in [1.82, 2.24) is 0 Å². The minimum absolute atomic E-state index is 0.270. The smallest absolute Gasteiger partial charge is 0.0502 e. The first-order valence-electron chi connectivity index (χ1n) is 5.72. The van der Waals surface area contributed by atoms with Crippen LogP contribution >= 0.6 is 0 Å². The molecule has 0 spiro atoms. The lowest BCUT2D eigenvalue weighted by molar-refractivity contribution is 0.156. The van der Waals surface area contributed by atoms with Crippen molar-refractivity contribution in [2.24, 2.45) is 11.3 Å². The topological polar surface area (TPSA) is 20.2 Å². The molecular formula is C14H20O. The lowest BCUT2D eigenvalue weighted by Gasteiger charge is -2.31. The van der Waals surface area contributed by atoms with E-state index >= 15 is 0 Å². The SMILES string of the molecule is CC(C)(C)[C@H]1Cc2ccccc2[C@H]1CO. The van der Waals surface area contributed by atoms with Gasteiger partial charge in [-0.2, -0.15) is 0 Å². The number of hydrogen-bond acceptors (Lipinski definition) is 1. The van der Waals surface area contributed by atoms with Crippen LogP contribution in [-0.4, -0.2) is 11.7 Å². The Bertz CT molecular complexity index is 349. The third-order valence-electron chi connectivity index (χ3n) is 3.69. The van der Waals surface area contributed by atoms with E-state index in [4.69, 9.17) is 0 Å². The quantitative estimate of drug-likeness (QED) is 0.745. The second-order valence-corrected chi connectivity index (χ2v) is 5.66. The van der Waals surface area contributed by atoms with Crippen LogP contribution in [0.15, 0.2) is 24.3 Å². The van der Waals surface area contributed by atoms with Crippen molar-refractivity contribution in [3.05, 3.63) is 35.4 Å². The number of benzene rings is 1. The molecule has 2 atom stereocenters. The number of aliphatic hydroxyl groups is 1. The van der Waals surface area contributed by atoms with E-state index < -0.39 is 0 Å². The molecule has 15 heavy (non-hydrogen) atoms. The van der Waals surface area contributed by atoms with E-state index in [0.717, 1.165) is 6.42 Å². The molecule has 0 aliphatic heterocycles. The first-order chi connectivity index (χ1) is 7.04. The lowest BCUT2D eigenvalue weighted by atomic mass is 9.74. The van der Waals surface area contributed by atoms with Crippen molar-refractivity contribution in [2.75, 3.05) is 6.61 Å². The minimum atomic E-state index is 0.270. The molecule has 1 aromatic rings. The van der Waals surface area contributed by atoms with Gasteiger partial charge in [-0.3, -0.25) is 0 Å². The Hall–Kier alpha value is -0.820. The van der Waals surface area contributed by atoms with E-state index in [1.165, 1.54) is 11.1 Å². The van der Waals surface area contributed by atoms with Gasteiger partial charge in [-0.15, -0.1) is 0 Å². The van der Waals surface area contributed by atoms with Crippen LogP contribution < -0.4 is 0 Å². The van der Waals surface area contributed by atoms with Gasteiger partial charge in [-0.1, -0.05) is 45.0 Å². The summed E-state index contributed by atoms with van der Waals surface area (Å²) in [7, 11) is 0. The Labute approximate surface area is 92.1 Å². The van der Waals surface area contributed by atoms with Crippen molar-refractivity contribution < 1.29 is 5.11 Å². The summed E-state index contributed by atoms with van der Waals surface area (Å²) in [5.41, 5.74) is 3.06. The van der Waals surface area contributed by atoms with Crippen LogP contribution in [0.5, 0.6) is 0 Å². The summed E-state index contributed by atoms with van der Waals surface area (Å²) in [6, 6.07) is 8.54. The Kier molecular flexibility index (Phi) is 2.59. The molecule has 0 unspecified atom stereocenters. The summed E-state index contributed by atoms with van der Waals surface area (Å²) in [4.78, 5) is 0. The third-order valence-corrected chi connectivity index (χ3v) is 3.69. The fourth-order valence-electron chi connectivity index (χ4n) is 2.81. The molecule has 0 fully saturated rings. The van der Waals surface area contributed by atoms with E-state index in [-0.39, 0.29) is 12.0 Å². The molecule has 1 aliphatic rings. The number of hydrogen-bond donors (Lipinski definition) is 1. The molecule has 0 heterocycles. The van der Waals surface area contributed by atoms with Gasteiger partial charge in [-0.25, -0.2) is 0 Å². The molecule has 1 aliphatic carbocycles. The van der Waals surface area contributed by atoms with Crippen LogP contribution in [0.4, 0.5) is 0 Å². The van der Waals surface area contributed by atoms with Crippen LogP contribution in [0.25, 0.3) is 0 Å². The second kappa shape index (κ2) is 3.64. The van der Waals surface area contributed by atoms with Crippen molar-refractivity contribution in [3.8, 4) is 0 Å². The van der Waals surface area contributed by atoms with Gasteiger partial charge in [-0.05, 0) is 28.9 Å². The standard InChI is InChI=1S/C14H20O/c1-14(2,3)13-8-10-6-4-5-7-11(10)12(13)9-15/h4-7,12-13,15H,8-9H2,1-3H3/t12-,13+/m1/s1. The Morgan fingerprint density at radius 2 is 1.93 bits per heavy atom. The van der Waals surface area contributed by atoms with Crippen LogP contribution in [0.2, 0.25) is 0 Å². The largest absolute Gasteiger partial charge is 0.396 e. The summed E-state index contributed by atoms with van der Waals surface area (Å²) in [6.45, 7) is 7.09. The van der Waals surface area contributed by atoms with Crippen LogP contribution in [0, 0.1) is 11.3 Å².